The summed E-state index contributed by atoms with van der Waals surface area (Å²) in [7, 11) is -3.69. The summed E-state index contributed by atoms with van der Waals surface area (Å²) >= 11 is 0. The van der Waals surface area contributed by atoms with Gasteiger partial charge in [-0.2, -0.15) is 0 Å². The molecule has 106 valence electrons. The van der Waals surface area contributed by atoms with Crippen LogP contribution in [-0.2, 0) is 16.4 Å². The average molecular weight is 289 g/mol. The van der Waals surface area contributed by atoms with E-state index in [1.54, 1.807) is 6.07 Å². The van der Waals surface area contributed by atoms with Gasteiger partial charge in [0.25, 0.3) is 0 Å². The maximum Gasteiger partial charge on any atom is 0.215 e. The van der Waals surface area contributed by atoms with Crippen molar-refractivity contribution in [2.75, 3.05) is 5.75 Å². The molecule has 2 rings (SSSR count). The molecular formula is C13H17F2NO2S. The van der Waals surface area contributed by atoms with Crippen LogP contribution >= 0.6 is 0 Å². The Hall–Kier alpha value is -1.01. The Labute approximate surface area is 112 Å². The van der Waals surface area contributed by atoms with Gasteiger partial charge in [-0.1, -0.05) is 6.07 Å². The second-order valence-corrected chi connectivity index (χ2v) is 7.28. The number of alkyl halides is 1. The van der Waals surface area contributed by atoms with Gasteiger partial charge in [-0.25, -0.2) is 21.9 Å². The number of hydrogen-bond donors (Lipinski definition) is 1. The number of hydrogen-bond acceptors (Lipinski definition) is 2. The van der Waals surface area contributed by atoms with Crippen molar-refractivity contribution in [2.24, 2.45) is 0 Å². The minimum absolute atomic E-state index is 0.327. The van der Waals surface area contributed by atoms with Gasteiger partial charge in [-0.3, -0.25) is 0 Å². The second kappa shape index (κ2) is 4.83. The summed E-state index contributed by atoms with van der Waals surface area (Å²) in [6.45, 7) is 2.45. The molecule has 1 aromatic rings. The summed E-state index contributed by atoms with van der Waals surface area (Å²) in [5, 5.41) is 0. The van der Waals surface area contributed by atoms with Gasteiger partial charge in [0, 0.05) is 6.04 Å². The molecule has 19 heavy (non-hydrogen) atoms. The molecule has 1 atom stereocenters. The third-order valence-electron chi connectivity index (χ3n) is 3.04. The predicted molar refractivity (Wildman–Crippen MR) is 69.6 cm³/mol. The lowest BCUT2D eigenvalue weighted by Crippen LogP contribution is -2.36. The first-order valence-electron chi connectivity index (χ1n) is 6.13. The number of aryl methyl sites for hydroxylation is 1. The van der Waals surface area contributed by atoms with E-state index in [-0.39, 0.29) is 11.9 Å². The molecule has 1 aliphatic rings. The molecule has 0 fully saturated rings. The molecule has 0 aromatic heterocycles. The first kappa shape index (κ1) is 14.4. The van der Waals surface area contributed by atoms with Crippen molar-refractivity contribution in [1.29, 1.82) is 0 Å². The van der Waals surface area contributed by atoms with Crippen LogP contribution in [0.5, 0.6) is 0 Å². The second-order valence-electron chi connectivity index (χ2n) is 5.53. The highest BCUT2D eigenvalue weighted by molar-refractivity contribution is 7.89. The van der Waals surface area contributed by atoms with Crippen LogP contribution in [0.2, 0.25) is 0 Å². The molecular weight excluding hydrogens is 272 g/mol. The fraction of sp³-hybridized carbons (Fsp3) is 0.538. The van der Waals surface area contributed by atoms with Crippen molar-refractivity contribution in [3.63, 3.8) is 0 Å². The molecule has 0 spiro atoms. The van der Waals surface area contributed by atoms with Crippen molar-refractivity contribution < 1.29 is 17.2 Å². The van der Waals surface area contributed by atoms with E-state index in [0.29, 0.717) is 12.8 Å². The number of nitrogens with one attached hydrogen (secondary N) is 1. The van der Waals surface area contributed by atoms with Crippen molar-refractivity contribution in [2.45, 2.75) is 38.4 Å². The highest BCUT2D eigenvalue weighted by Gasteiger charge is 2.31. The first-order valence-corrected chi connectivity index (χ1v) is 7.79. The van der Waals surface area contributed by atoms with Crippen molar-refractivity contribution in [3.05, 3.63) is 35.1 Å². The summed E-state index contributed by atoms with van der Waals surface area (Å²) in [4.78, 5) is 0. The molecule has 0 heterocycles. The van der Waals surface area contributed by atoms with E-state index >= 15 is 0 Å². The van der Waals surface area contributed by atoms with Gasteiger partial charge in [-0.15, -0.1) is 0 Å². The summed E-state index contributed by atoms with van der Waals surface area (Å²) < 4.78 is 52.7. The fourth-order valence-electron chi connectivity index (χ4n) is 2.42. The zero-order chi connectivity index (χ0) is 14.3. The molecule has 0 amide bonds. The van der Waals surface area contributed by atoms with Gasteiger partial charge in [0.1, 0.15) is 11.5 Å². The van der Waals surface area contributed by atoms with Crippen molar-refractivity contribution >= 4 is 10.0 Å². The molecule has 3 nitrogen and oxygen atoms in total. The Morgan fingerprint density at radius 3 is 2.74 bits per heavy atom. The molecule has 0 saturated heterocycles. The summed E-state index contributed by atoms with van der Waals surface area (Å²) in [6, 6.07) is 3.93. The monoisotopic (exact) mass is 289 g/mol. The molecule has 1 aliphatic carbocycles. The van der Waals surface area contributed by atoms with Crippen LogP contribution in [0, 0.1) is 5.82 Å². The van der Waals surface area contributed by atoms with Crippen molar-refractivity contribution in [1.82, 2.24) is 4.72 Å². The Morgan fingerprint density at radius 2 is 2.11 bits per heavy atom. The van der Waals surface area contributed by atoms with E-state index < -0.39 is 21.4 Å². The maximum atomic E-state index is 13.4. The van der Waals surface area contributed by atoms with Gasteiger partial charge in [0.05, 0.1) is 5.75 Å². The van der Waals surface area contributed by atoms with Gasteiger partial charge >= 0.3 is 0 Å². The topological polar surface area (TPSA) is 46.2 Å². The van der Waals surface area contributed by atoms with Crippen LogP contribution in [-0.4, -0.2) is 19.8 Å². The predicted octanol–water partition coefficient (Wildman–Crippen LogP) is 2.48. The highest BCUT2D eigenvalue weighted by atomic mass is 32.2. The van der Waals surface area contributed by atoms with E-state index in [4.69, 9.17) is 0 Å². The Kier molecular flexibility index (Phi) is 3.66. The average Bonchev–Trinajstić information content (AvgIpc) is 2.56. The van der Waals surface area contributed by atoms with E-state index in [9.17, 15) is 17.2 Å². The minimum atomic E-state index is -3.69. The number of fused-ring (bicyclic) bond motifs is 1. The molecule has 0 bridgehead atoms. The number of rotatable bonds is 4. The molecule has 1 unspecified atom stereocenters. The van der Waals surface area contributed by atoms with Gasteiger partial charge in [0.15, 0.2) is 0 Å². The van der Waals surface area contributed by atoms with Gasteiger partial charge in [0.2, 0.25) is 10.0 Å². The summed E-state index contributed by atoms with van der Waals surface area (Å²) in [6.07, 6.45) is 1.20. The molecule has 6 heteroatoms. The number of halogens is 2. The van der Waals surface area contributed by atoms with Crippen LogP contribution in [0.1, 0.15) is 37.4 Å². The summed E-state index contributed by atoms with van der Waals surface area (Å²) in [5.41, 5.74) is -0.190. The smallest absolute Gasteiger partial charge is 0.215 e. The molecule has 1 aromatic carbocycles. The maximum absolute atomic E-state index is 13.4. The lowest BCUT2D eigenvalue weighted by molar-refractivity contribution is 0.248. The lowest BCUT2D eigenvalue weighted by atomic mass is 10.1. The van der Waals surface area contributed by atoms with Crippen LogP contribution in [0.3, 0.4) is 0 Å². The van der Waals surface area contributed by atoms with Crippen LogP contribution < -0.4 is 4.72 Å². The molecule has 1 N–H and O–H groups in total. The van der Waals surface area contributed by atoms with Crippen LogP contribution in [0.4, 0.5) is 8.78 Å². The van der Waals surface area contributed by atoms with Gasteiger partial charge in [-0.05, 0) is 49.9 Å². The summed E-state index contributed by atoms with van der Waals surface area (Å²) in [5.74, 6) is -0.903. The van der Waals surface area contributed by atoms with Crippen LogP contribution in [0.15, 0.2) is 18.2 Å². The van der Waals surface area contributed by atoms with E-state index in [1.807, 2.05) is 0 Å². The SMILES string of the molecule is CC(C)(F)CS(=O)(=O)NC1CCc2cc(F)ccc21. The first-order chi connectivity index (χ1) is 8.66. The van der Waals surface area contributed by atoms with E-state index in [1.165, 1.54) is 26.0 Å². The highest BCUT2D eigenvalue weighted by Crippen LogP contribution is 2.32. The van der Waals surface area contributed by atoms with Gasteiger partial charge < -0.3 is 0 Å². The number of sulfonamides is 1. The normalized spacial score (nSPS) is 19.5. The third kappa shape index (κ3) is 3.73. The standard InChI is InChI=1S/C13H17F2NO2S/c1-13(2,15)8-19(17,18)16-12-6-3-9-7-10(14)4-5-11(9)12/h4-5,7,12,16H,3,6,8H2,1-2H3. The van der Waals surface area contributed by atoms with E-state index in [2.05, 4.69) is 4.72 Å². The fourth-order valence-corrected chi connectivity index (χ4v) is 4.08. The quantitative estimate of drug-likeness (QED) is 0.925. The van der Waals surface area contributed by atoms with Crippen LogP contribution in [0.25, 0.3) is 0 Å². The lowest BCUT2D eigenvalue weighted by Gasteiger charge is -2.18. The zero-order valence-electron chi connectivity index (χ0n) is 10.9. The van der Waals surface area contributed by atoms with Crippen molar-refractivity contribution in [3.8, 4) is 0 Å². The molecule has 0 aliphatic heterocycles. The molecule has 0 saturated carbocycles. The Morgan fingerprint density at radius 1 is 1.42 bits per heavy atom. The Balaban J connectivity index is 2.15. The molecule has 0 radical (unpaired) electrons. The third-order valence-corrected chi connectivity index (χ3v) is 4.75. The minimum Gasteiger partial charge on any atom is -0.243 e. The Bertz CT molecular complexity index is 579. The largest absolute Gasteiger partial charge is 0.243 e. The zero-order valence-corrected chi connectivity index (χ0v) is 11.7. The number of benzene rings is 1. The van der Waals surface area contributed by atoms with E-state index in [0.717, 1.165) is 11.1 Å².